The normalized spacial score (nSPS) is 12.6. The number of benzene rings is 4. The SMILES string of the molecule is CP(C)(=O)c1c(I)cc2ccccc2c1-c1c(P(C)(C)=O)c(I)cc2ccccc12. The average Bonchev–Trinajstić information content (AvgIpc) is 2.64. The fraction of sp³-hybridized carbons (Fsp3) is 0.167. The van der Waals surface area contributed by atoms with Crippen LogP contribution in [0.4, 0.5) is 0 Å². The monoisotopic (exact) mass is 658 g/mol. The third-order valence-electron chi connectivity index (χ3n) is 5.28. The van der Waals surface area contributed by atoms with Gasteiger partial charge in [-0.15, -0.1) is 0 Å². The van der Waals surface area contributed by atoms with Crippen molar-refractivity contribution in [2.45, 2.75) is 0 Å². The molecule has 0 unspecified atom stereocenters. The second kappa shape index (κ2) is 8.03. The molecular formula is C24H22I2O2P2. The Morgan fingerprint density at radius 3 is 1.27 bits per heavy atom. The molecule has 0 fully saturated rings. The van der Waals surface area contributed by atoms with Crippen LogP contribution < -0.4 is 10.6 Å². The van der Waals surface area contributed by atoms with Crippen molar-refractivity contribution in [3.8, 4) is 11.1 Å². The van der Waals surface area contributed by atoms with E-state index in [4.69, 9.17) is 0 Å². The molecule has 4 rings (SSSR count). The molecule has 2 nitrogen and oxygen atoms in total. The molecule has 154 valence electrons. The van der Waals surface area contributed by atoms with Crippen molar-refractivity contribution in [3.63, 3.8) is 0 Å². The zero-order valence-electron chi connectivity index (χ0n) is 17.2. The highest BCUT2D eigenvalue weighted by Gasteiger charge is 2.30. The van der Waals surface area contributed by atoms with Gasteiger partial charge in [-0.1, -0.05) is 48.5 Å². The molecule has 0 aromatic heterocycles. The standard InChI is InChI=1S/C24H22I2O2P2/c1-29(2,27)23-19(25)13-15-9-5-7-11-17(15)21(23)22-18-12-8-6-10-16(18)14-20(26)24(22)30(3,4)28/h5-14H,1-4H3. The predicted octanol–water partition coefficient (Wildman–Crippen LogP) is 7.37. The third kappa shape index (κ3) is 3.94. The van der Waals surface area contributed by atoms with E-state index in [9.17, 15) is 9.13 Å². The fourth-order valence-corrected chi connectivity index (χ4v) is 11.6. The van der Waals surface area contributed by atoms with Gasteiger partial charge in [-0.05, 0) is 106 Å². The molecule has 4 aromatic rings. The molecule has 0 saturated carbocycles. The minimum Gasteiger partial charge on any atom is -0.319 e. The number of hydrogen-bond donors (Lipinski definition) is 0. The maximum atomic E-state index is 13.6. The van der Waals surface area contributed by atoms with Crippen molar-refractivity contribution in [1.29, 1.82) is 0 Å². The van der Waals surface area contributed by atoms with Gasteiger partial charge in [0.15, 0.2) is 0 Å². The molecule has 0 bridgehead atoms. The zero-order chi connectivity index (χ0) is 21.8. The van der Waals surface area contributed by atoms with E-state index in [1.165, 1.54) is 0 Å². The maximum absolute atomic E-state index is 13.6. The summed E-state index contributed by atoms with van der Waals surface area (Å²) in [6, 6.07) is 20.7. The van der Waals surface area contributed by atoms with Crippen LogP contribution in [0.2, 0.25) is 0 Å². The second-order valence-corrected chi connectivity index (χ2v) is 16.9. The van der Waals surface area contributed by atoms with Gasteiger partial charge < -0.3 is 9.13 Å². The van der Waals surface area contributed by atoms with Crippen molar-refractivity contribution in [2.75, 3.05) is 26.7 Å². The summed E-state index contributed by atoms with van der Waals surface area (Å²) in [5, 5.41) is 6.07. The molecule has 4 aromatic carbocycles. The van der Waals surface area contributed by atoms with E-state index in [1.54, 1.807) is 0 Å². The molecule has 30 heavy (non-hydrogen) atoms. The molecule has 0 saturated heterocycles. The fourth-order valence-electron chi connectivity index (χ4n) is 4.16. The Hall–Kier alpha value is -0.680. The minimum absolute atomic E-state index is 0.878. The Morgan fingerprint density at radius 2 is 0.933 bits per heavy atom. The first kappa shape index (κ1) is 22.5. The molecule has 6 heteroatoms. The van der Waals surface area contributed by atoms with Crippen LogP contribution in [-0.4, -0.2) is 26.7 Å². The smallest absolute Gasteiger partial charge is 0.111 e. The third-order valence-corrected chi connectivity index (χ3v) is 10.9. The van der Waals surface area contributed by atoms with Crippen LogP contribution >= 0.6 is 59.5 Å². The number of halogens is 2. The van der Waals surface area contributed by atoms with Gasteiger partial charge in [-0.2, -0.15) is 0 Å². The van der Waals surface area contributed by atoms with E-state index in [0.29, 0.717) is 0 Å². The van der Waals surface area contributed by atoms with Crippen LogP contribution in [0.5, 0.6) is 0 Å². The summed E-state index contributed by atoms with van der Waals surface area (Å²) in [5.74, 6) is 0. The summed E-state index contributed by atoms with van der Waals surface area (Å²) in [5.41, 5.74) is 1.94. The van der Waals surface area contributed by atoms with Gasteiger partial charge in [0.25, 0.3) is 0 Å². The van der Waals surface area contributed by atoms with Crippen LogP contribution in [0.3, 0.4) is 0 Å². The number of hydrogen-bond acceptors (Lipinski definition) is 2. The van der Waals surface area contributed by atoms with Crippen LogP contribution in [0.25, 0.3) is 32.7 Å². The predicted molar refractivity (Wildman–Crippen MR) is 151 cm³/mol. The highest BCUT2D eigenvalue weighted by Crippen LogP contribution is 2.49. The zero-order valence-corrected chi connectivity index (χ0v) is 23.3. The lowest BCUT2D eigenvalue weighted by Gasteiger charge is -2.24. The molecule has 0 aliphatic rings. The van der Waals surface area contributed by atoms with E-state index in [-0.39, 0.29) is 0 Å². The van der Waals surface area contributed by atoms with Gasteiger partial charge in [0.05, 0.1) is 0 Å². The van der Waals surface area contributed by atoms with E-state index in [1.807, 2.05) is 50.9 Å². The van der Waals surface area contributed by atoms with Crippen LogP contribution in [0.1, 0.15) is 0 Å². The average molecular weight is 658 g/mol. The highest BCUT2D eigenvalue weighted by atomic mass is 127. The molecule has 0 aliphatic heterocycles. The minimum atomic E-state index is -2.63. The van der Waals surface area contributed by atoms with Crippen LogP contribution in [0, 0.1) is 7.14 Å². The first-order valence-corrected chi connectivity index (χ1v) is 16.9. The van der Waals surface area contributed by atoms with Gasteiger partial charge in [0.2, 0.25) is 0 Å². The first-order valence-electron chi connectivity index (χ1n) is 9.54. The first-order chi connectivity index (χ1) is 14.0. The Bertz CT molecular complexity index is 1300. The maximum Gasteiger partial charge on any atom is 0.111 e. The molecule has 0 radical (unpaired) electrons. The van der Waals surface area contributed by atoms with Crippen molar-refractivity contribution in [2.24, 2.45) is 0 Å². The van der Waals surface area contributed by atoms with Gasteiger partial charge in [0, 0.05) is 28.9 Å². The van der Waals surface area contributed by atoms with E-state index in [2.05, 4.69) is 81.6 Å². The van der Waals surface area contributed by atoms with Crippen LogP contribution in [0.15, 0.2) is 60.7 Å². The molecule has 0 heterocycles. The Balaban J connectivity index is 2.39. The molecule has 0 atom stereocenters. The van der Waals surface area contributed by atoms with Gasteiger partial charge in [0.1, 0.15) is 14.3 Å². The van der Waals surface area contributed by atoms with Gasteiger partial charge >= 0.3 is 0 Å². The lowest BCUT2D eigenvalue weighted by Crippen LogP contribution is -2.19. The van der Waals surface area contributed by atoms with E-state index in [0.717, 1.165) is 50.4 Å². The van der Waals surface area contributed by atoms with E-state index < -0.39 is 14.3 Å². The van der Waals surface area contributed by atoms with Crippen molar-refractivity contribution >= 4 is 91.6 Å². The lowest BCUT2D eigenvalue weighted by molar-refractivity contribution is 0.587. The molecule has 0 spiro atoms. The highest BCUT2D eigenvalue weighted by molar-refractivity contribution is 14.1. The number of fused-ring (bicyclic) bond motifs is 2. The Morgan fingerprint density at radius 1 is 0.600 bits per heavy atom. The summed E-state index contributed by atoms with van der Waals surface area (Å²) >= 11 is 4.62. The summed E-state index contributed by atoms with van der Waals surface area (Å²) in [6.07, 6.45) is 0. The van der Waals surface area contributed by atoms with Gasteiger partial charge in [-0.3, -0.25) is 0 Å². The lowest BCUT2D eigenvalue weighted by atomic mass is 9.93. The Labute approximate surface area is 204 Å². The van der Waals surface area contributed by atoms with Crippen molar-refractivity contribution in [1.82, 2.24) is 0 Å². The topological polar surface area (TPSA) is 34.1 Å². The van der Waals surface area contributed by atoms with Crippen LogP contribution in [-0.2, 0) is 9.13 Å². The molecule has 0 N–H and O–H groups in total. The summed E-state index contributed by atoms with van der Waals surface area (Å²) in [6.45, 7) is 7.32. The number of rotatable bonds is 3. The molecule has 0 amide bonds. The Kier molecular flexibility index (Phi) is 6.02. The van der Waals surface area contributed by atoms with Crippen molar-refractivity contribution < 1.29 is 9.13 Å². The molecule has 0 aliphatic carbocycles. The summed E-state index contributed by atoms with van der Waals surface area (Å²) in [4.78, 5) is 0. The largest absolute Gasteiger partial charge is 0.319 e. The van der Waals surface area contributed by atoms with Gasteiger partial charge in [-0.25, -0.2) is 0 Å². The summed E-state index contributed by atoms with van der Waals surface area (Å²) in [7, 11) is -5.26. The second-order valence-electron chi connectivity index (χ2n) is 8.31. The van der Waals surface area contributed by atoms with Crippen molar-refractivity contribution in [3.05, 3.63) is 67.8 Å². The van der Waals surface area contributed by atoms with E-state index >= 15 is 0 Å². The quantitative estimate of drug-likeness (QED) is 0.170. The molecular weight excluding hydrogens is 636 g/mol. The summed E-state index contributed by atoms with van der Waals surface area (Å²) < 4.78 is 29.1.